The predicted molar refractivity (Wildman–Crippen MR) is 72.6 cm³/mol. The van der Waals surface area contributed by atoms with E-state index in [1.54, 1.807) is 36.5 Å². The molecule has 3 rings (SSSR count). The highest BCUT2D eigenvalue weighted by Gasteiger charge is 2.05. The van der Waals surface area contributed by atoms with Crippen LogP contribution in [0.4, 0.5) is 0 Å². The molecule has 0 aliphatic carbocycles. The number of fused-ring (bicyclic) bond motifs is 1. The lowest BCUT2D eigenvalue weighted by Gasteiger charge is -2.05. The van der Waals surface area contributed by atoms with Gasteiger partial charge in [0.15, 0.2) is 11.5 Å². The largest absolute Gasteiger partial charge is 0.504 e. The molecule has 0 spiro atoms. The van der Waals surface area contributed by atoms with Gasteiger partial charge in [0.05, 0.1) is 10.7 Å². The van der Waals surface area contributed by atoms with Crippen LogP contribution in [-0.4, -0.2) is 14.5 Å². The second kappa shape index (κ2) is 4.82. The summed E-state index contributed by atoms with van der Waals surface area (Å²) < 4.78 is 7.36. The number of phenolic OH excluding ortho intramolecular Hbond substituents is 1. The maximum Gasteiger partial charge on any atom is 0.161 e. The number of para-hydroxylation sites is 2. The molecular weight excluding hydrogens is 264 g/mol. The Morgan fingerprint density at radius 2 is 2.00 bits per heavy atom. The summed E-state index contributed by atoms with van der Waals surface area (Å²) in [7, 11) is 0. The van der Waals surface area contributed by atoms with Crippen LogP contribution in [0.1, 0.15) is 5.69 Å². The van der Waals surface area contributed by atoms with Crippen LogP contribution >= 0.6 is 11.6 Å². The minimum absolute atomic E-state index is 0.120. The van der Waals surface area contributed by atoms with Gasteiger partial charge in [-0.25, -0.2) is 4.98 Å². The normalized spacial score (nSPS) is 10.8. The fourth-order valence-electron chi connectivity index (χ4n) is 1.82. The summed E-state index contributed by atoms with van der Waals surface area (Å²) in [5.41, 5.74) is 1.57. The van der Waals surface area contributed by atoms with Crippen LogP contribution in [0.5, 0.6) is 11.5 Å². The molecular formula is C14H11ClN2O2. The average molecular weight is 275 g/mol. The number of aromatic hydroxyl groups is 1. The zero-order valence-electron chi connectivity index (χ0n) is 9.95. The third-order valence-electron chi connectivity index (χ3n) is 2.71. The molecule has 19 heavy (non-hydrogen) atoms. The van der Waals surface area contributed by atoms with Gasteiger partial charge in [-0.1, -0.05) is 23.7 Å². The van der Waals surface area contributed by atoms with Crippen LogP contribution < -0.4 is 4.74 Å². The fourth-order valence-corrected chi connectivity index (χ4v) is 1.99. The minimum Gasteiger partial charge on any atom is -0.504 e. The van der Waals surface area contributed by atoms with Crippen molar-refractivity contribution in [3.05, 3.63) is 59.5 Å². The Bertz CT molecular complexity index is 724. The molecule has 0 amide bonds. The Balaban J connectivity index is 1.80. The lowest BCUT2D eigenvalue weighted by Crippen LogP contribution is -1.95. The molecule has 2 heterocycles. The summed E-state index contributed by atoms with van der Waals surface area (Å²) >= 11 is 5.91. The number of halogens is 1. The molecule has 0 bridgehead atoms. The number of imidazole rings is 1. The molecule has 96 valence electrons. The van der Waals surface area contributed by atoms with E-state index >= 15 is 0 Å². The van der Waals surface area contributed by atoms with Crippen LogP contribution in [0.2, 0.25) is 5.02 Å². The third-order valence-corrected chi connectivity index (χ3v) is 2.93. The number of aromatic nitrogens is 2. The highest BCUT2D eigenvalue weighted by molar-refractivity contribution is 6.30. The van der Waals surface area contributed by atoms with Crippen molar-refractivity contribution in [2.24, 2.45) is 0 Å². The number of hydrogen-bond acceptors (Lipinski definition) is 3. The Kier molecular flexibility index (Phi) is 3.01. The Morgan fingerprint density at radius 1 is 1.16 bits per heavy atom. The first-order valence-electron chi connectivity index (χ1n) is 5.76. The number of hydrogen-bond donors (Lipinski definition) is 1. The molecule has 0 saturated heterocycles. The number of pyridine rings is 1. The monoisotopic (exact) mass is 274 g/mol. The quantitative estimate of drug-likeness (QED) is 0.797. The topological polar surface area (TPSA) is 46.8 Å². The first-order valence-corrected chi connectivity index (χ1v) is 6.14. The van der Waals surface area contributed by atoms with Gasteiger partial charge in [0.2, 0.25) is 0 Å². The Hall–Kier alpha value is -2.20. The molecule has 1 aromatic carbocycles. The highest BCUT2D eigenvalue weighted by atomic mass is 35.5. The number of nitrogens with zero attached hydrogens (tertiary/aromatic N) is 2. The molecule has 1 N–H and O–H groups in total. The summed E-state index contributed by atoms with van der Waals surface area (Å²) in [5.74, 6) is 0.562. The molecule has 3 aromatic rings. The first-order chi connectivity index (χ1) is 9.22. The molecule has 0 aliphatic rings. The maximum absolute atomic E-state index is 9.60. The number of phenols is 1. The zero-order chi connectivity index (χ0) is 13.2. The van der Waals surface area contributed by atoms with E-state index in [1.807, 2.05) is 16.7 Å². The van der Waals surface area contributed by atoms with E-state index in [-0.39, 0.29) is 12.4 Å². The highest BCUT2D eigenvalue weighted by Crippen LogP contribution is 2.25. The molecule has 0 atom stereocenters. The van der Waals surface area contributed by atoms with Gasteiger partial charge in [-0.15, -0.1) is 0 Å². The number of rotatable bonds is 3. The molecule has 0 aliphatic heterocycles. The molecule has 5 heteroatoms. The molecule has 4 nitrogen and oxygen atoms in total. The third kappa shape index (κ3) is 2.48. The molecule has 0 fully saturated rings. The summed E-state index contributed by atoms with van der Waals surface area (Å²) in [6.07, 6.45) is 3.63. The van der Waals surface area contributed by atoms with Crippen LogP contribution in [0.15, 0.2) is 48.8 Å². The fraction of sp³-hybridized carbons (Fsp3) is 0.0714. The van der Waals surface area contributed by atoms with Crippen LogP contribution in [0.25, 0.3) is 5.65 Å². The van der Waals surface area contributed by atoms with Gasteiger partial charge in [0.1, 0.15) is 12.3 Å². The van der Waals surface area contributed by atoms with Gasteiger partial charge >= 0.3 is 0 Å². The second-order valence-electron chi connectivity index (χ2n) is 4.10. The first kappa shape index (κ1) is 11.9. The van der Waals surface area contributed by atoms with Crippen LogP contribution in [0.3, 0.4) is 0 Å². The van der Waals surface area contributed by atoms with Gasteiger partial charge in [0.25, 0.3) is 0 Å². The van der Waals surface area contributed by atoms with Crippen molar-refractivity contribution in [1.29, 1.82) is 0 Å². The van der Waals surface area contributed by atoms with Gasteiger partial charge in [-0.3, -0.25) is 0 Å². The summed E-state index contributed by atoms with van der Waals surface area (Å²) in [6, 6.07) is 10.5. The number of ether oxygens (including phenoxy) is 1. The second-order valence-corrected chi connectivity index (χ2v) is 4.54. The zero-order valence-corrected chi connectivity index (χ0v) is 10.7. The number of benzene rings is 1. The average Bonchev–Trinajstić information content (AvgIpc) is 2.79. The van der Waals surface area contributed by atoms with E-state index in [1.165, 1.54) is 0 Å². The van der Waals surface area contributed by atoms with Crippen LogP contribution in [0, 0.1) is 0 Å². The van der Waals surface area contributed by atoms with Crippen molar-refractivity contribution in [1.82, 2.24) is 9.38 Å². The summed E-state index contributed by atoms with van der Waals surface area (Å²) in [5, 5.41) is 10.2. The molecule has 0 radical (unpaired) electrons. The lowest BCUT2D eigenvalue weighted by molar-refractivity contribution is 0.285. The Morgan fingerprint density at radius 3 is 2.84 bits per heavy atom. The van der Waals surface area contributed by atoms with E-state index < -0.39 is 0 Å². The van der Waals surface area contributed by atoms with E-state index in [2.05, 4.69) is 4.98 Å². The molecule has 0 unspecified atom stereocenters. The predicted octanol–water partition coefficient (Wildman–Crippen LogP) is 3.27. The minimum atomic E-state index is 0.120. The molecule has 0 saturated carbocycles. The van der Waals surface area contributed by atoms with Gasteiger partial charge in [-0.2, -0.15) is 0 Å². The van der Waals surface area contributed by atoms with Gasteiger partial charge < -0.3 is 14.2 Å². The maximum atomic E-state index is 9.60. The van der Waals surface area contributed by atoms with Crippen molar-refractivity contribution in [3.63, 3.8) is 0 Å². The molecule has 2 aromatic heterocycles. The summed E-state index contributed by atoms with van der Waals surface area (Å²) in [6.45, 7) is 0.289. The van der Waals surface area contributed by atoms with Crippen molar-refractivity contribution in [3.8, 4) is 11.5 Å². The van der Waals surface area contributed by atoms with Gasteiger partial charge in [0, 0.05) is 12.4 Å². The smallest absolute Gasteiger partial charge is 0.161 e. The van der Waals surface area contributed by atoms with E-state index in [4.69, 9.17) is 16.3 Å². The van der Waals surface area contributed by atoms with Crippen molar-refractivity contribution >= 4 is 17.2 Å². The van der Waals surface area contributed by atoms with Crippen molar-refractivity contribution in [2.75, 3.05) is 0 Å². The SMILES string of the molecule is Oc1ccccc1OCc1cn2cc(Cl)ccc2n1. The summed E-state index contributed by atoms with van der Waals surface area (Å²) in [4.78, 5) is 4.40. The van der Waals surface area contributed by atoms with E-state index in [0.717, 1.165) is 11.3 Å². The van der Waals surface area contributed by atoms with E-state index in [9.17, 15) is 5.11 Å². The standard InChI is InChI=1S/C14H11ClN2O2/c15-10-5-6-14-16-11(8-17(14)7-10)9-19-13-4-2-1-3-12(13)18/h1-8,18H,9H2. The van der Waals surface area contributed by atoms with Crippen molar-refractivity contribution in [2.45, 2.75) is 6.61 Å². The van der Waals surface area contributed by atoms with Crippen LogP contribution in [-0.2, 0) is 6.61 Å². The van der Waals surface area contributed by atoms with E-state index in [0.29, 0.717) is 10.8 Å². The lowest BCUT2D eigenvalue weighted by atomic mass is 10.3. The van der Waals surface area contributed by atoms with Gasteiger partial charge in [-0.05, 0) is 24.3 Å². The van der Waals surface area contributed by atoms with Crippen molar-refractivity contribution < 1.29 is 9.84 Å². The Labute approximate surface area is 114 Å².